The Morgan fingerprint density at radius 1 is 1.50 bits per heavy atom. The van der Waals surface area contributed by atoms with Crippen molar-refractivity contribution in [2.24, 2.45) is 0 Å². The Balaban J connectivity index is 1.82. The van der Waals surface area contributed by atoms with Crippen LogP contribution in [-0.4, -0.2) is 42.2 Å². The van der Waals surface area contributed by atoms with Crippen molar-refractivity contribution in [3.8, 4) is 0 Å². The lowest BCUT2D eigenvalue weighted by molar-refractivity contribution is -0.0159. The molecular formula is C15H27N3O2. The summed E-state index contributed by atoms with van der Waals surface area (Å²) in [5.41, 5.74) is 0.930. The van der Waals surface area contributed by atoms with E-state index >= 15 is 0 Å². The van der Waals surface area contributed by atoms with Crippen molar-refractivity contribution in [3.05, 3.63) is 18.0 Å². The minimum atomic E-state index is -0.155. The third-order valence-electron chi connectivity index (χ3n) is 4.23. The van der Waals surface area contributed by atoms with Crippen LogP contribution in [0.4, 0.5) is 0 Å². The molecule has 0 spiro atoms. The molecule has 0 radical (unpaired) electrons. The van der Waals surface area contributed by atoms with Crippen LogP contribution in [0.2, 0.25) is 0 Å². The van der Waals surface area contributed by atoms with Gasteiger partial charge in [0.15, 0.2) is 0 Å². The molecule has 0 bridgehead atoms. The van der Waals surface area contributed by atoms with Gasteiger partial charge in [0, 0.05) is 39.4 Å². The topological polar surface area (TPSA) is 48.3 Å². The minimum absolute atomic E-state index is 0.155. The highest BCUT2D eigenvalue weighted by Gasteiger charge is 2.34. The first-order chi connectivity index (χ1) is 9.73. The highest BCUT2D eigenvalue weighted by Crippen LogP contribution is 2.21. The fourth-order valence-electron chi connectivity index (χ4n) is 2.72. The Hall–Kier alpha value is -0.910. The second-order valence-electron chi connectivity index (χ2n) is 5.55. The molecule has 114 valence electrons. The molecule has 0 saturated carbocycles. The third-order valence-corrected chi connectivity index (χ3v) is 4.23. The molecule has 1 aliphatic heterocycles. The summed E-state index contributed by atoms with van der Waals surface area (Å²) in [6.45, 7) is 7.46. The predicted molar refractivity (Wildman–Crippen MR) is 78.7 cm³/mol. The van der Waals surface area contributed by atoms with E-state index in [9.17, 15) is 0 Å². The van der Waals surface area contributed by atoms with Gasteiger partial charge >= 0.3 is 0 Å². The smallest absolute Gasteiger partial charge is 0.106 e. The average Bonchev–Trinajstić information content (AvgIpc) is 3.11. The van der Waals surface area contributed by atoms with Gasteiger partial charge in [-0.25, -0.2) is 0 Å². The van der Waals surface area contributed by atoms with Crippen LogP contribution in [0.1, 0.15) is 44.8 Å². The van der Waals surface area contributed by atoms with E-state index in [1.807, 2.05) is 0 Å². The number of hydrogen-bond acceptors (Lipinski definition) is 4. The molecule has 2 heterocycles. The van der Waals surface area contributed by atoms with Crippen molar-refractivity contribution in [3.63, 3.8) is 0 Å². The Labute approximate surface area is 121 Å². The monoisotopic (exact) mass is 281 g/mol. The molecule has 2 rings (SSSR count). The second-order valence-corrected chi connectivity index (χ2v) is 5.55. The molecule has 1 aliphatic rings. The second kappa shape index (κ2) is 7.20. The number of nitrogens with one attached hydrogen (secondary N) is 1. The molecule has 1 atom stereocenters. The summed E-state index contributed by atoms with van der Waals surface area (Å²) in [5.74, 6) is 0. The van der Waals surface area contributed by atoms with Gasteiger partial charge in [-0.15, -0.1) is 0 Å². The quantitative estimate of drug-likeness (QED) is 0.793. The average molecular weight is 281 g/mol. The molecule has 1 aromatic heterocycles. The minimum Gasteiger partial charge on any atom is -0.378 e. The molecule has 1 saturated heterocycles. The lowest BCUT2D eigenvalue weighted by Crippen LogP contribution is -2.42. The lowest BCUT2D eigenvalue weighted by atomic mass is 10.0. The highest BCUT2D eigenvalue weighted by atomic mass is 16.5. The number of methoxy groups -OCH3 is 1. The first-order valence-corrected chi connectivity index (χ1v) is 7.60. The summed E-state index contributed by atoms with van der Waals surface area (Å²) in [7, 11) is 1.76. The molecule has 5 heteroatoms. The maximum atomic E-state index is 5.60. The van der Waals surface area contributed by atoms with Crippen LogP contribution in [-0.2, 0) is 16.0 Å². The van der Waals surface area contributed by atoms with Crippen molar-refractivity contribution >= 4 is 0 Å². The van der Waals surface area contributed by atoms with E-state index in [4.69, 9.17) is 9.47 Å². The van der Waals surface area contributed by atoms with Gasteiger partial charge in [-0.1, -0.05) is 13.8 Å². The van der Waals surface area contributed by atoms with Gasteiger partial charge in [0.1, 0.15) is 5.60 Å². The van der Waals surface area contributed by atoms with Crippen LogP contribution in [0, 0.1) is 0 Å². The van der Waals surface area contributed by atoms with Crippen LogP contribution >= 0.6 is 0 Å². The SMILES string of the molecule is CCC(CC)n1ccc(CNCC2(OC)CCOC2)n1. The van der Waals surface area contributed by atoms with Crippen LogP contribution in [0.25, 0.3) is 0 Å². The molecule has 0 amide bonds. The first kappa shape index (κ1) is 15.5. The van der Waals surface area contributed by atoms with Gasteiger partial charge in [-0.2, -0.15) is 5.10 Å². The molecule has 1 aromatic rings. The zero-order chi connectivity index (χ0) is 14.4. The maximum Gasteiger partial charge on any atom is 0.106 e. The van der Waals surface area contributed by atoms with Gasteiger partial charge in [0.2, 0.25) is 0 Å². The molecular weight excluding hydrogens is 254 g/mol. The lowest BCUT2D eigenvalue weighted by Gasteiger charge is -2.25. The van der Waals surface area contributed by atoms with E-state index in [0.717, 1.165) is 44.7 Å². The van der Waals surface area contributed by atoms with E-state index < -0.39 is 0 Å². The van der Waals surface area contributed by atoms with E-state index in [2.05, 4.69) is 41.2 Å². The van der Waals surface area contributed by atoms with E-state index in [1.54, 1.807) is 7.11 Å². The van der Waals surface area contributed by atoms with Crippen molar-refractivity contribution in [1.29, 1.82) is 0 Å². The van der Waals surface area contributed by atoms with Crippen molar-refractivity contribution < 1.29 is 9.47 Å². The molecule has 0 aliphatic carbocycles. The van der Waals surface area contributed by atoms with Crippen LogP contribution < -0.4 is 5.32 Å². The summed E-state index contributed by atoms with van der Waals surface area (Å²) in [5, 5.41) is 8.09. The standard InChI is InChI=1S/C15H27N3O2/c1-4-14(5-2)18-8-6-13(17-18)10-16-11-15(19-3)7-9-20-12-15/h6,8,14,16H,4-5,7,9-12H2,1-3H3. The van der Waals surface area contributed by atoms with Gasteiger partial charge < -0.3 is 14.8 Å². The molecule has 20 heavy (non-hydrogen) atoms. The number of rotatable bonds is 8. The molecule has 1 N–H and O–H groups in total. The normalized spacial score (nSPS) is 22.8. The van der Waals surface area contributed by atoms with Crippen LogP contribution in [0.3, 0.4) is 0 Å². The largest absolute Gasteiger partial charge is 0.378 e. The fourth-order valence-corrected chi connectivity index (χ4v) is 2.72. The van der Waals surface area contributed by atoms with Crippen molar-refractivity contribution in [2.75, 3.05) is 26.9 Å². The van der Waals surface area contributed by atoms with E-state index in [0.29, 0.717) is 12.6 Å². The van der Waals surface area contributed by atoms with Crippen molar-refractivity contribution in [2.45, 2.75) is 51.3 Å². The summed E-state index contributed by atoms with van der Waals surface area (Å²) < 4.78 is 13.1. The Bertz CT molecular complexity index is 396. The zero-order valence-corrected chi connectivity index (χ0v) is 12.9. The van der Waals surface area contributed by atoms with Crippen LogP contribution in [0.5, 0.6) is 0 Å². The summed E-state index contributed by atoms with van der Waals surface area (Å²) in [6.07, 6.45) is 5.28. The van der Waals surface area contributed by atoms with Gasteiger partial charge in [0.05, 0.1) is 18.3 Å². The van der Waals surface area contributed by atoms with E-state index in [-0.39, 0.29) is 5.60 Å². The van der Waals surface area contributed by atoms with Crippen LogP contribution in [0.15, 0.2) is 12.3 Å². The predicted octanol–water partition coefficient (Wildman–Crippen LogP) is 2.14. The fraction of sp³-hybridized carbons (Fsp3) is 0.800. The van der Waals surface area contributed by atoms with Gasteiger partial charge in [-0.05, 0) is 18.9 Å². The number of hydrogen-bond donors (Lipinski definition) is 1. The number of ether oxygens (including phenoxy) is 2. The third kappa shape index (κ3) is 3.59. The molecule has 1 unspecified atom stereocenters. The molecule has 1 fully saturated rings. The Kier molecular flexibility index (Phi) is 5.57. The van der Waals surface area contributed by atoms with Gasteiger partial charge in [-0.3, -0.25) is 4.68 Å². The highest BCUT2D eigenvalue weighted by molar-refractivity contribution is 5.00. The van der Waals surface area contributed by atoms with Crippen molar-refractivity contribution in [1.82, 2.24) is 15.1 Å². The molecule has 5 nitrogen and oxygen atoms in total. The summed E-state index contributed by atoms with van der Waals surface area (Å²) in [6, 6.07) is 2.60. The molecule has 0 aromatic carbocycles. The maximum absolute atomic E-state index is 5.60. The summed E-state index contributed by atoms with van der Waals surface area (Å²) >= 11 is 0. The zero-order valence-electron chi connectivity index (χ0n) is 12.9. The first-order valence-electron chi connectivity index (χ1n) is 7.60. The van der Waals surface area contributed by atoms with Gasteiger partial charge in [0.25, 0.3) is 0 Å². The van der Waals surface area contributed by atoms with E-state index in [1.165, 1.54) is 0 Å². The Morgan fingerprint density at radius 2 is 2.30 bits per heavy atom. The number of nitrogens with zero attached hydrogens (tertiary/aromatic N) is 2. The number of aromatic nitrogens is 2. The summed E-state index contributed by atoms with van der Waals surface area (Å²) in [4.78, 5) is 0. The Morgan fingerprint density at radius 3 is 2.90 bits per heavy atom.